The van der Waals surface area contributed by atoms with E-state index < -0.39 is 36.4 Å². The van der Waals surface area contributed by atoms with Gasteiger partial charge in [-0.2, -0.15) is 0 Å². The number of amides is 1. The number of benzene rings is 1. The lowest BCUT2D eigenvalue weighted by atomic mass is 9.79. The Labute approximate surface area is 193 Å². The quantitative estimate of drug-likeness (QED) is 0.622. The second-order valence-corrected chi connectivity index (χ2v) is 10.3. The fraction of sp³-hybridized carbons (Fsp3) is 0.682. The van der Waals surface area contributed by atoms with Crippen LogP contribution in [0.15, 0.2) is 18.2 Å². The molecular formula is C22H32BF3N2O5. The molecule has 0 aromatic heterocycles. The molecule has 1 amide bonds. The zero-order valence-corrected chi connectivity index (χ0v) is 20.2. The fourth-order valence-electron chi connectivity index (χ4n) is 3.58. The molecule has 1 aromatic carbocycles. The molecule has 11 heteroatoms. The predicted octanol–water partition coefficient (Wildman–Crippen LogP) is 3.94. The molecule has 0 aliphatic carbocycles. The van der Waals surface area contributed by atoms with Crippen molar-refractivity contribution in [3.05, 3.63) is 18.2 Å². The van der Waals surface area contributed by atoms with E-state index >= 15 is 0 Å². The molecular weight excluding hydrogens is 440 g/mol. The normalized spacial score (nSPS) is 20.7. The fourth-order valence-corrected chi connectivity index (χ4v) is 3.58. The van der Waals surface area contributed by atoms with Crippen LogP contribution in [0.2, 0.25) is 0 Å². The molecule has 33 heavy (non-hydrogen) atoms. The molecule has 0 spiro atoms. The van der Waals surface area contributed by atoms with Crippen LogP contribution in [-0.2, 0) is 14.0 Å². The largest absolute Gasteiger partial charge is 0.573 e. The molecule has 0 bridgehead atoms. The molecule has 2 heterocycles. The lowest BCUT2D eigenvalue weighted by Crippen LogP contribution is -2.50. The molecule has 184 valence electrons. The number of rotatable bonds is 3. The molecule has 3 rings (SSSR count). The van der Waals surface area contributed by atoms with Gasteiger partial charge in [0.25, 0.3) is 0 Å². The number of ether oxygens (including phenoxy) is 2. The Kier molecular flexibility index (Phi) is 6.62. The highest BCUT2D eigenvalue weighted by molar-refractivity contribution is 6.62. The first-order chi connectivity index (χ1) is 15.0. The van der Waals surface area contributed by atoms with Crippen molar-refractivity contribution in [3.63, 3.8) is 0 Å². The van der Waals surface area contributed by atoms with Gasteiger partial charge in [-0.3, -0.25) is 0 Å². The zero-order valence-electron chi connectivity index (χ0n) is 20.2. The Hall–Kier alpha value is -2.14. The van der Waals surface area contributed by atoms with Gasteiger partial charge in [0, 0.05) is 26.2 Å². The highest BCUT2D eigenvalue weighted by atomic mass is 19.4. The van der Waals surface area contributed by atoms with E-state index in [0.29, 0.717) is 31.6 Å². The third-order valence-electron chi connectivity index (χ3n) is 6.01. The van der Waals surface area contributed by atoms with Gasteiger partial charge in [-0.25, -0.2) is 4.79 Å². The van der Waals surface area contributed by atoms with Crippen LogP contribution in [0.4, 0.5) is 23.7 Å². The Morgan fingerprint density at radius 2 is 1.55 bits per heavy atom. The summed E-state index contributed by atoms with van der Waals surface area (Å²) in [4.78, 5) is 15.6. The standard InChI is InChI=1S/C22H32BF3N2O5/c1-19(2,3)31-18(29)28-12-10-27(11-13-28)16-9-8-15(14-17(16)30-22(24,25)26)23-32-20(4,5)21(6,7)33-23/h8-9,14H,10-13H2,1-7H3. The Morgan fingerprint density at radius 3 is 2.03 bits per heavy atom. The van der Waals surface area contributed by atoms with Gasteiger partial charge in [-0.15, -0.1) is 13.2 Å². The Morgan fingerprint density at radius 1 is 1.00 bits per heavy atom. The molecule has 7 nitrogen and oxygen atoms in total. The number of hydrogen-bond acceptors (Lipinski definition) is 6. The van der Waals surface area contributed by atoms with Gasteiger partial charge >= 0.3 is 19.6 Å². The number of nitrogens with zero attached hydrogens (tertiary/aromatic N) is 2. The first kappa shape index (κ1) is 25.5. The van der Waals surface area contributed by atoms with Crippen molar-refractivity contribution in [1.82, 2.24) is 4.90 Å². The Bertz CT molecular complexity index is 862. The Balaban J connectivity index is 1.79. The second kappa shape index (κ2) is 8.58. The molecule has 0 unspecified atom stereocenters. The summed E-state index contributed by atoms with van der Waals surface area (Å²) in [5, 5.41) is 0. The smallest absolute Gasteiger partial charge is 0.444 e. The summed E-state index contributed by atoms with van der Waals surface area (Å²) in [6.07, 6.45) is -5.30. The number of hydrogen-bond donors (Lipinski definition) is 0. The van der Waals surface area contributed by atoms with Gasteiger partial charge in [0.2, 0.25) is 0 Å². The summed E-state index contributed by atoms with van der Waals surface area (Å²) in [7, 11) is -0.816. The number of anilines is 1. The topological polar surface area (TPSA) is 60.5 Å². The minimum absolute atomic E-state index is 0.288. The van der Waals surface area contributed by atoms with E-state index in [1.165, 1.54) is 6.07 Å². The maximum absolute atomic E-state index is 13.2. The minimum atomic E-state index is -4.86. The first-order valence-corrected chi connectivity index (χ1v) is 11.0. The van der Waals surface area contributed by atoms with Gasteiger partial charge < -0.3 is 28.6 Å². The number of piperazine rings is 1. The van der Waals surface area contributed by atoms with E-state index in [-0.39, 0.29) is 11.4 Å². The van der Waals surface area contributed by atoms with Crippen LogP contribution in [0.3, 0.4) is 0 Å². The summed E-state index contributed by atoms with van der Waals surface area (Å²) in [6.45, 7) is 14.1. The molecule has 2 saturated heterocycles. The van der Waals surface area contributed by atoms with Crippen LogP contribution in [0.1, 0.15) is 48.5 Å². The van der Waals surface area contributed by atoms with Crippen molar-refractivity contribution >= 4 is 24.4 Å². The van der Waals surface area contributed by atoms with Gasteiger partial charge in [0.15, 0.2) is 5.75 Å². The lowest BCUT2D eigenvalue weighted by Gasteiger charge is -2.37. The van der Waals surface area contributed by atoms with Crippen LogP contribution in [0.25, 0.3) is 0 Å². The van der Waals surface area contributed by atoms with Crippen LogP contribution >= 0.6 is 0 Å². The van der Waals surface area contributed by atoms with Crippen molar-refractivity contribution in [1.29, 1.82) is 0 Å². The van der Waals surface area contributed by atoms with Crippen LogP contribution in [0, 0.1) is 0 Å². The van der Waals surface area contributed by atoms with Crippen LogP contribution in [0.5, 0.6) is 5.75 Å². The van der Waals surface area contributed by atoms with Gasteiger partial charge in [-0.1, -0.05) is 6.07 Å². The molecule has 0 atom stereocenters. The van der Waals surface area contributed by atoms with Gasteiger partial charge in [-0.05, 0) is 66.1 Å². The van der Waals surface area contributed by atoms with Gasteiger partial charge in [0.05, 0.1) is 16.9 Å². The van der Waals surface area contributed by atoms with E-state index in [9.17, 15) is 18.0 Å². The first-order valence-electron chi connectivity index (χ1n) is 11.0. The number of halogens is 3. The van der Waals surface area contributed by atoms with Crippen molar-refractivity contribution in [2.75, 3.05) is 31.1 Å². The highest BCUT2D eigenvalue weighted by Gasteiger charge is 2.52. The second-order valence-electron chi connectivity index (χ2n) is 10.3. The SMILES string of the molecule is CC(C)(C)OC(=O)N1CCN(c2ccc(B3OC(C)(C)C(C)(C)O3)cc2OC(F)(F)F)CC1. The lowest BCUT2D eigenvalue weighted by molar-refractivity contribution is -0.274. The zero-order chi connectivity index (χ0) is 24.8. The molecule has 0 saturated carbocycles. The van der Waals surface area contributed by atoms with Crippen molar-refractivity contribution in [3.8, 4) is 5.75 Å². The summed E-state index contributed by atoms with van der Waals surface area (Å²) < 4.78 is 61.3. The molecule has 0 N–H and O–H groups in total. The van der Waals surface area contributed by atoms with Crippen LogP contribution < -0.4 is 15.1 Å². The molecule has 2 aliphatic heterocycles. The average Bonchev–Trinajstić information content (AvgIpc) is 2.86. The van der Waals surface area contributed by atoms with Crippen molar-refractivity contribution in [2.24, 2.45) is 0 Å². The third-order valence-corrected chi connectivity index (χ3v) is 6.01. The van der Waals surface area contributed by atoms with E-state index in [4.69, 9.17) is 14.0 Å². The van der Waals surface area contributed by atoms with E-state index in [0.717, 1.165) is 0 Å². The third kappa shape index (κ3) is 6.06. The van der Waals surface area contributed by atoms with Crippen molar-refractivity contribution in [2.45, 2.75) is 71.6 Å². The monoisotopic (exact) mass is 472 g/mol. The summed E-state index contributed by atoms with van der Waals surface area (Å²) in [6, 6.07) is 4.57. The highest BCUT2D eigenvalue weighted by Crippen LogP contribution is 2.38. The molecule has 2 fully saturated rings. The summed E-state index contributed by atoms with van der Waals surface area (Å²) >= 11 is 0. The molecule has 1 aromatic rings. The van der Waals surface area contributed by atoms with Crippen LogP contribution in [-0.4, -0.2) is 67.5 Å². The number of alkyl halides is 3. The average molecular weight is 472 g/mol. The summed E-state index contributed by atoms with van der Waals surface area (Å²) in [5.41, 5.74) is -1.15. The summed E-state index contributed by atoms with van der Waals surface area (Å²) in [5.74, 6) is -0.333. The number of carbonyl (C=O) groups excluding carboxylic acids is 1. The van der Waals surface area contributed by atoms with E-state index in [1.807, 2.05) is 27.7 Å². The van der Waals surface area contributed by atoms with Crippen molar-refractivity contribution < 1.29 is 36.7 Å². The molecule has 0 radical (unpaired) electrons. The predicted molar refractivity (Wildman–Crippen MR) is 119 cm³/mol. The number of carbonyl (C=O) groups is 1. The van der Waals surface area contributed by atoms with E-state index in [2.05, 4.69) is 4.74 Å². The van der Waals surface area contributed by atoms with E-state index in [1.54, 1.807) is 42.7 Å². The van der Waals surface area contributed by atoms with Gasteiger partial charge in [0.1, 0.15) is 5.60 Å². The molecule has 2 aliphatic rings. The maximum Gasteiger partial charge on any atom is 0.573 e. The maximum atomic E-state index is 13.2. The minimum Gasteiger partial charge on any atom is -0.444 e.